The molecule has 4 nitrogen and oxygen atoms in total. The van der Waals surface area contributed by atoms with E-state index in [1.807, 2.05) is 13.8 Å². The topological polar surface area (TPSA) is 59.6 Å². The molecule has 0 aromatic rings. The lowest BCUT2D eigenvalue weighted by molar-refractivity contribution is -0.109. The third-order valence-electron chi connectivity index (χ3n) is 3.20. The van der Waals surface area contributed by atoms with Crippen molar-refractivity contribution in [2.24, 2.45) is 16.1 Å². The molecule has 0 amide bonds. The van der Waals surface area contributed by atoms with E-state index in [1.54, 1.807) is 0 Å². The van der Waals surface area contributed by atoms with Crippen LogP contribution >= 0.6 is 0 Å². The molecular weight excluding hydrogens is 190 g/mol. The average Bonchev–Trinajstić information content (AvgIpc) is 2.17. The van der Waals surface area contributed by atoms with Crippen LogP contribution in [-0.4, -0.2) is 31.3 Å². The summed E-state index contributed by atoms with van der Waals surface area (Å²) in [5.74, 6) is 0.547. The van der Waals surface area contributed by atoms with Crippen LogP contribution in [0.25, 0.3) is 0 Å². The number of hydrogen-bond acceptors (Lipinski definition) is 2. The molecule has 1 aliphatic carbocycles. The maximum atomic E-state index is 5.73. The van der Waals surface area contributed by atoms with Crippen LogP contribution in [0.3, 0.4) is 0 Å². The van der Waals surface area contributed by atoms with Crippen LogP contribution in [0.15, 0.2) is 4.99 Å². The van der Waals surface area contributed by atoms with Gasteiger partial charge in [-0.3, -0.25) is 4.99 Å². The van der Waals surface area contributed by atoms with Crippen LogP contribution in [0.4, 0.5) is 0 Å². The van der Waals surface area contributed by atoms with Crippen molar-refractivity contribution >= 4 is 5.96 Å². The van der Waals surface area contributed by atoms with E-state index in [4.69, 9.17) is 10.5 Å². The third kappa shape index (κ3) is 2.62. The summed E-state index contributed by atoms with van der Waals surface area (Å²) >= 11 is 0. The second kappa shape index (κ2) is 4.84. The number of nitrogens with zero attached hydrogens (tertiary/aromatic N) is 1. The maximum absolute atomic E-state index is 5.73. The van der Waals surface area contributed by atoms with Crippen molar-refractivity contribution in [2.75, 3.05) is 13.2 Å². The predicted molar refractivity (Wildman–Crippen MR) is 62.9 cm³/mol. The van der Waals surface area contributed by atoms with E-state index in [9.17, 15) is 0 Å². The van der Waals surface area contributed by atoms with Crippen LogP contribution in [0.2, 0.25) is 0 Å². The zero-order chi connectivity index (χ0) is 11.5. The van der Waals surface area contributed by atoms with Crippen LogP contribution < -0.4 is 11.1 Å². The highest BCUT2D eigenvalue weighted by Crippen LogP contribution is 2.42. The molecule has 2 atom stereocenters. The molecule has 1 saturated carbocycles. The van der Waals surface area contributed by atoms with Crippen molar-refractivity contribution < 1.29 is 4.74 Å². The number of guanidine groups is 1. The molecule has 3 N–H and O–H groups in total. The molecule has 0 heterocycles. The lowest BCUT2D eigenvalue weighted by Gasteiger charge is -2.51. The Kier molecular flexibility index (Phi) is 3.97. The summed E-state index contributed by atoms with van der Waals surface area (Å²) < 4.78 is 5.64. The lowest BCUT2D eigenvalue weighted by atomic mass is 9.64. The van der Waals surface area contributed by atoms with E-state index in [0.29, 0.717) is 18.1 Å². The number of nitrogens with one attached hydrogen (secondary N) is 1. The Hall–Kier alpha value is -0.770. The Bertz CT molecular complexity index is 238. The zero-order valence-corrected chi connectivity index (χ0v) is 10.2. The first-order chi connectivity index (χ1) is 7.02. The second-order valence-corrected chi connectivity index (χ2v) is 4.56. The molecule has 0 saturated heterocycles. The van der Waals surface area contributed by atoms with E-state index < -0.39 is 0 Å². The van der Waals surface area contributed by atoms with E-state index >= 15 is 0 Å². The fourth-order valence-corrected chi connectivity index (χ4v) is 2.01. The zero-order valence-electron chi connectivity index (χ0n) is 10.2. The van der Waals surface area contributed by atoms with E-state index in [0.717, 1.165) is 19.6 Å². The van der Waals surface area contributed by atoms with Gasteiger partial charge in [0.25, 0.3) is 0 Å². The van der Waals surface area contributed by atoms with Gasteiger partial charge in [-0.15, -0.1) is 0 Å². The minimum absolute atomic E-state index is 0.143. The fourth-order valence-electron chi connectivity index (χ4n) is 2.01. The van der Waals surface area contributed by atoms with Gasteiger partial charge >= 0.3 is 0 Å². The Balaban J connectivity index is 2.45. The quantitative estimate of drug-likeness (QED) is 0.543. The van der Waals surface area contributed by atoms with Gasteiger partial charge in [0, 0.05) is 24.6 Å². The van der Waals surface area contributed by atoms with Crippen molar-refractivity contribution in [1.82, 2.24) is 5.32 Å². The number of ether oxygens (including phenoxy) is 1. The van der Waals surface area contributed by atoms with Crippen molar-refractivity contribution in [1.29, 1.82) is 0 Å². The summed E-state index contributed by atoms with van der Waals surface area (Å²) in [7, 11) is 0. The monoisotopic (exact) mass is 213 g/mol. The Labute approximate surface area is 92.3 Å². The third-order valence-corrected chi connectivity index (χ3v) is 3.20. The molecule has 1 fully saturated rings. The fraction of sp³-hybridized carbons (Fsp3) is 0.909. The lowest BCUT2D eigenvalue weighted by Crippen LogP contribution is -2.63. The predicted octanol–water partition coefficient (Wildman–Crippen LogP) is 1.11. The standard InChI is InChI=1S/C11H23N3O/c1-5-13-10(12)14-8-7-9(15-6-2)11(8,3)4/h8-9H,5-7H2,1-4H3,(H3,12,13,14). The van der Waals surface area contributed by atoms with Gasteiger partial charge in [-0.2, -0.15) is 0 Å². The molecular formula is C11H23N3O. The molecule has 88 valence electrons. The molecule has 0 spiro atoms. The number of nitrogens with two attached hydrogens (primary N) is 1. The van der Waals surface area contributed by atoms with Crippen molar-refractivity contribution in [3.05, 3.63) is 0 Å². The van der Waals surface area contributed by atoms with Gasteiger partial charge < -0.3 is 15.8 Å². The number of rotatable bonds is 4. The van der Waals surface area contributed by atoms with Crippen molar-refractivity contribution in [3.8, 4) is 0 Å². The van der Waals surface area contributed by atoms with Crippen molar-refractivity contribution in [2.45, 2.75) is 46.3 Å². The summed E-state index contributed by atoms with van der Waals surface area (Å²) in [4.78, 5) is 4.13. The summed E-state index contributed by atoms with van der Waals surface area (Å²) in [6, 6.07) is 0.379. The van der Waals surface area contributed by atoms with Crippen LogP contribution in [0.1, 0.15) is 34.1 Å². The van der Waals surface area contributed by atoms with Gasteiger partial charge in [0.15, 0.2) is 5.96 Å². The highest BCUT2D eigenvalue weighted by Gasteiger charge is 2.49. The van der Waals surface area contributed by atoms with Crippen LogP contribution in [0, 0.1) is 5.41 Å². The molecule has 15 heavy (non-hydrogen) atoms. The molecule has 2 unspecified atom stereocenters. The number of aliphatic imine (C=N–C) groups is 1. The molecule has 0 bridgehead atoms. The summed E-state index contributed by atoms with van der Waals surface area (Å²) in [5.41, 5.74) is 5.88. The highest BCUT2D eigenvalue weighted by molar-refractivity contribution is 5.78. The van der Waals surface area contributed by atoms with E-state index in [-0.39, 0.29) is 5.41 Å². The second-order valence-electron chi connectivity index (χ2n) is 4.56. The molecule has 0 aromatic heterocycles. The normalized spacial score (nSPS) is 29.7. The Morgan fingerprint density at radius 3 is 2.67 bits per heavy atom. The molecule has 0 aromatic carbocycles. The molecule has 4 heteroatoms. The van der Waals surface area contributed by atoms with Gasteiger partial charge in [0.05, 0.1) is 6.10 Å². The highest BCUT2D eigenvalue weighted by atomic mass is 16.5. The summed E-state index contributed by atoms with van der Waals surface area (Å²) in [6.45, 7) is 9.91. The Morgan fingerprint density at radius 1 is 1.53 bits per heavy atom. The minimum Gasteiger partial charge on any atom is -0.378 e. The first-order valence-corrected chi connectivity index (χ1v) is 5.70. The van der Waals surface area contributed by atoms with Crippen LogP contribution in [-0.2, 0) is 4.74 Å². The molecule has 1 rings (SSSR count). The Morgan fingerprint density at radius 2 is 2.20 bits per heavy atom. The maximum Gasteiger partial charge on any atom is 0.188 e. The van der Waals surface area contributed by atoms with Crippen molar-refractivity contribution in [3.63, 3.8) is 0 Å². The average molecular weight is 213 g/mol. The first kappa shape index (κ1) is 12.3. The van der Waals surface area contributed by atoms with Gasteiger partial charge in [-0.25, -0.2) is 0 Å². The van der Waals surface area contributed by atoms with Gasteiger partial charge in [-0.1, -0.05) is 13.8 Å². The van der Waals surface area contributed by atoms with Crippen LogP contribution in [0.5, 0.6) is 0 Å². The SMILES string of the molecule is CCN=C(N)NC1CC(OCC)C1(C)C. The largest absolute Gasteiger partial charge is 0.378 e. The summed E-state index contributed by atoms with van der Waals surface area (Å²) in [6.07, 6.45) is 1.36. The summed E-state index contributed by atoms with van der Waals surface area (Å²) in [5, 5.41) is 3.24. The molecule has 0 radical (unpaired) electrons. The molecule has 0 aliphatic heterocycles. The van der Waals surface area contributed by atoms with Gasteiger partial charge in [-0.05, 0) is 20.3 Å². The minimum atomic E-state index is 0.143. The molecule has 1 aliphatic rings. The van der Waals surface area contributed by atoms with Gasteiger partial charge in [0.1, 0.15) is 0 Å². The van der Waals surface area contributed by atoms with Gasteiger partial charge in [0.2, 0.25) is 0 Å². The smallest absolute Gasteiger partial charge is 0.188 e. The van der Waals surface area contributed by atoms with E-state index in [1.165, 1.54) is 0 Å². The van der Waals surface area contributed by atoms with E-state index in [2.05, 4.69) is 24.2 Å². The number of hydrogen-bond donors (Lipinski definition) is 2. The first-order valence-electron chi connectivity index (χ1n) is 5.70.